The van der Waals surface area contributed by atoms with Crippen LogP contribution in [0.5, 0.6) is 0 Å². The molecule has 0 spiro atoms. The van der Waals surface area contributed by atoms with Crippen LogP contribution in [-0.4, -0.2) is 24.5 Å². The van der Waals surface area contributed by atoms with Gasteiger partial charge in [-0.2, -0.15) is 0 Å². The lowest BCUT2D eigenvalue weighted by Crippen LogP contribution is -2.35. The molecule has 6 heteroatoms. The van der Waals surface area contributed by atoms with Gasteiger partial charge in [-0.05, 0) is 19.1 Å². The largest absolute Gasteiger partial charge is 0.466 e. The molecule has 4 nitrogen and oxygen atoms in total. The highest BCUT2D eigenvalue weighted by atomic mass is 19.1. The molecule has 0 aliphatic rings. The maximum absolute atomic E-state index is 13.0. The summed E-state index contributed by atoms with van der Waals surface area (Å²) in [7, 11) is 0. The minimum absolute atomic E-state index is 0.0143. The molecule has 1 atom stereocenters. The number of halogens is 2. The standard InChI is InChI=1S/C16H17F2NO3/c1-3-22-16(21)10-15(19-11(2)20)6-4-5-12-7-13(17)9-14(18)8-12/h7-9,15H,3,6,10H2,1-2H3,(H,19,20)/t15-/m1/s1. The van der Waals surface area contributed by atoms with Gasteiger partial charge >= 0.3 is 5.97 Å². The highest BCUT2D eigenvalue weighted by Crippen LogP contribution is 2.07. The number of carbonyl (C=O) groups is 2. The molecule has 0 saturated heterocycles. The van der Waals surface area contributed by atoms with Crippen LogP contribution >= 0.6 is 0 Å². The molecule has 0 saturated carbocycles. The van der Waals surface area contributed by atoms with Gasteiger partial charge in [0.25, 0.3) is 0 Å². The number of esters is 1. The smallest absolute Gasteiger partial charge is 0.307 e. The van der Waals surface area contributed by atoms with E-state index in [-0.39, 0.29) is 30.9 Å². The maximum Gasteiger partial charge on any atom is 0.307 e. The van der Waals surface area contributed by atoms with Gasteiger partial charge < -0.3 is 10.1 Å². The van der Waals surface area contributed by atoms with Crippen LogP contribution in [-0.2, 0) is 14.3 Å². The molecule has 0 bridgehead atoms. The average Bonchev–Trinajstić information content (AvgIpc) is 2.36. The third kappa shape index (κ3) is 6.84. The van der Waals surface area contributed by atoms with Crippen LogP contribution in [0.1, 0.15) is 32.3 Å². The van der Waals surface area contributed by atoms with Gasteiger partial charge in [0.1, 0.15) is 11.6 Å². The van der Waals surface area contributed by atoms with Crippen molar-refractivity contribution in [1.82, 2.24) is 5.32 Å². The molecule has 0 aliphatic carbocycles. The Hall–Kier alpha value is -2.42. The second-order valence-electron chi connectivity index (χ2n) is 4.57. The van der Waals surface area contributed by atoms with E-state index < -0.39 is 23.6 Å². The second-order valence-corrected chi connectivity index (χ2v) is 4.57. The summed E-state index contributed by atoms with van der Waals surface area (Å²) < 4.78 is 30.8. The predicted octanol–water partition coefficient (Wildman–Crippen LogP) is 2.16. The van der Waals surface area contributed by atoms with Crippen molar-refractivity contribution in [2.45, 2.75) is 32.7 Å². The third-order valence-electron chi connectivity index (χ3n) is 2.57. The topological polar surface area (TPSA) is 55.4 Å². The number of carbonyl (C=O) groups excluding carboxylic acids is 2. The van der Waals surface area contributed by atoms with Crippen LogP contribution in [0.2, 0.25) is 0 Å². The Labute approximate surface area is 127 Å². The van der Waals surface area contributed by atoms with Gasteiger partial charge in [-0.25, -0.2) is 8.78 Å². The Bertz CT molecular complexity index is 585. The van der Waals surface area contributed by atoms with E-state index in [4.69, 9.17) is 4.74 Å². The molecule has 22 heavy (non-hydrogen) atoms. The normalized spacial score (nSPS) is 11.1. The first-order valence-corrected chi connectivity index (χ1v) is 6.78. The van der Waals surface area contributed by atoms with Crippen molar-refractivity contribution in [1.29, 1.82) is 0 Å². The Kier molecular flexibility index (Phi) is 7.03. The summed E-state index contributed by atoms with van der Waals surface area (Å²) in [5.74, 6) is 3.13. The van der Waals surface area contributed by atoms with E-state index >= 15 is 0 Å². The summed E-state index contributed by atoms with van der Waals surface area (Å²) in [4.78, 5) is 22.5. The van der Waals surface area contributed by atoms with Crippen molar-refractivity contribution in [3.8, 4) is 11.8 Å². The quantitative estimate of drug-likeness (QED) is 0.670. The van der Waals surface area contributed by atoms with Gasteiger partial charge in [0.15, 0.2) is 0 Å². The fourth-order valence-corrected chi connectivity index (χ4v) is 1.79. The van der Waals surface area contributed by atoms with Crippen LogP contribution in [0.15, 0.2) is 18.2 Å². The molecule has 1 amide bonds. The van der Waals surface area contributed by atoms with Gasteiger partial charge in [-0.1, -0.05) is 11.8 Å². The maximum atomic E-state index is 13.0. The van der Waals surface area contributed by atoms with Crippen molar-refractivity contribution in [2.24, 2.45) is 0 Å². The molecule has 1 rings (SSSR count). The zero-order valence-electron chi connectivity index (χ0n) is 12.4. The monoisotopic (exact) mass is 309 g/mol. The Morgan fingerprint density at radius 1 is 1.27 bits per heavy atom. The van der Waals surface area contributed by atoms with Gasteiger partial charge in [-0.15, -0.1) is 0 Å². The number of hydrogen-bond acceptors (Lipinski definition) is 3. The van der Waals surface area contributed by atoms with Crippen LogP contribution in [0.3, 0.4) is 0 Å². The second kappa shape index (κ2) is 8.78. The summed E-state index contributed by atoms with van der Waals surface area (Å²) in [6, 6.07) is 2.46. The van der Waals surface area contributed by atoms with Crippen LogP contribution in [0.4, 0.5) is 8.78 Å². The summed E-state index contributed by atoms with van der Waals surface area (Å²) in [5.41, 5.74) is 0.190. The summed E-state index contributed by atoms with van der Waals surface area (Å²) >= 11 is 0. The SMILES string of the molecule is CCOC(=O)C[C@@H](CC#Cc1cc(F)cc(F)c1)NC(C)=O. The molecule has 0 heterocycles. The zero-order valence-corrected chi connectivity index (χ0v) is 12.4. The van der Waals surface area contributed by atoms with Crippen molar-refractivity contribution in [2.75, 3.05) is 6.61 Å². The molecule has 118 valence electrons. The van der Waals surface area contributed by atoms with Crippen molar-refractivity contribution in [3.63, 3.8) is 0 Å². The molecule has 0 aromatic heterocycles. The van der Waals surface area contributed by atoms with Crippen LogP contribution in [0, 0.1) is 23.5 Å². The predicted molar refractivity (Wildman–Crippen MR) is 76.7 cm³/mol. The van der Waals surface area contributed by atoms with Gasteiger partial charge in [0.2, 0.25) is 5.91 Å². The van der Waals surface area contributed by atoms with Gasteiger partial charge in [-0.3, -0.25) is 9.59 Å². The first-order chi connectivity index (χ1) is 10.4. The Balaban J connectivity index is 2.72. The highest BCUT2D eigenvalue weighted by Gasteiger charge is 2.14. The number of rotatable bonds is 5. The summed E-state index contributed by atoms with van der Waals surface area (Å²) in [6.45, 7) is 3.26. The summed E-state index contributed by atoms with van der Waals surface area (Å²) in [5, 5.41) is 2.59. The molecule has 0 fully saturated rings. The summed E-state index contributed by atoms with van der Waals surface area (Å²) in [6.07, 6.45) is 0.149. The lowest BCUT2D eigenvalue weighted by Gasteiger charge is -2.14. The molecular formula is C16H17F2NO3. The number of nitrogens with one attached hydrogen (secondary N) is 1. The first-order valence-electron chi connectivity index (χ1n) is 6.78. The van der Waals surface area contributed by atoms with E-state index in [1.807, 2.05) is 0 Å². The van der Waals surface area contributed by atoms with Gasteiger partial charge in [0.05, 0.1) is 19.1 Å². The van der Waals surface area contributed by atoms with E-state index in [0.29, 0.717) is 0 Å². The lowest BCUT2D eigenvalue weighted by atomic mass is 10.1. The minimum Gasteiger partial charge on any atom is -0.466 e. The fraction of sp³-hybridized carbons (Fsp3) is 0.375. The van der Waals surface area contributed by atoms with Crippen LogP contribution in [0.25, 0.3) is 0 Å². The third-order valence-corrected chi connectivity index (χ3v) is 2.57. The van der Waals surface area contributed by atoms with Crippen LogP contribution < -0.4 is 5.32 Å². The van der Waals surface area contributed by atoms with Gasteiger partial charge in [0, 0.05) is 25.0 Å². The van der Waals surface area contributed by atoms with E-state index in [2.05, 4.69) is 17.2 Å². The molecular weight excluding hydrogens is 292 g/mol. The number of hydrogen-bond donors (Lipinski definition) is 1. The number of ether oxygens (including phenoxy) is 1. The molecule has 1 aromatic rings. The number of amides is 1. The fourth-order valence-electron chi connectivity index (χ4n) is 1.79. The van der Waals surface area contributed by atoms with Crippen molar-refractivity contribution in [3.05, 3.63) is 35.4 Å². The minimum atomic E-state index is -0.714. The average molecular weight is 309 g/mol. The molecule has 0 radical (unpaired) electrons. The Morgan fingerprint density at radius 2 is 1.91 bits per heavy atom. The molecule has 0 unspecified atom stereocenters. The number of benzene rings is 1. The zero-order chi connectivity index (χ0) is 16.5. The molecule has 1 aromatic carbocycles. The molecule has 0 aliphatic heterocycles. The van der Waals surface area contributed by atoms with Crippen molar-refractivity contribution < 1.29 is 23.1 Å². The lowest BCUT2D eigenvalue weighted by molar-refractivity contribution is -0.143. The molecule has 1 N–H and O–H groups in total. The van der Waals surface area contributed by atoms with E-state index in [0.717, 1.165) is 18.2 Å². The van der Waals surface area contributed by atoms with E-state index in [9.17, 15) is 18.4 Å². The van der Waals surface area contributed by atoms with E-state index in [1.54, 1.807) is 6.92 Å². The van der Waals surface area contributed by atoms with Crippen molar-refractivity contribution >= 4 is 11.9 Å². The first kappa shape index (κ1) is 17.6. The Morgan fingerprint density at radius 3 is 2.45 bits per heavy atom. The van der Waals surface area contributed by atoms with E-state index in [1.165, 1.54) is 6.92 Å². The highest BCUT2D eigenvalue weighted by molar-refractivity contribution is 5.75.